The predicted molar refractivity (Wildman–Crippen MR) is 81.8 cm³/mol. The van der Waals surface area contributed by atoms with Crippen molar-refractivity contribution in [3.8, 4) is 0 Å². The van der Waals surface area contributed by atoms with Gasteiger partial charge in [0.25, 0.3) is 5.91 Å². The summed E-state index contributed by atoms with van der Waals surface area (Å²) in [4.78, 5) is 14.8. The molecule has 0 bridgehead atoms. The van der Waals surface area contributed by atoms with Crippen LogP contribution in [0.3, 0.4) is 0 Å². The van der Waals surface area contributed by atoms with Crippen LogP contribution in [0.5, 0.6) is 0 Å². The Balaban J connectivity index is 2.01. The molecule has 1 aromatic rings. The topological polar surface area (TPSA) is 58.4 Å². The molecule has 0 radical (unpaired) electrons. The quantitative estimate of drug-likeness (QED) is 0.854. The largest absolute Gasteiger partial charge is 0.348 e. The van der Waals surface area contributed by atoms with E-state index in [1.807, 2.05) is 24.3 Å². The highest BCUT2D eigenvalue weighted by Crippen LogP contribution is 2.13. The highest BCUT2D eigenvalue weighted by atomic mass is 16.1. The van der Waals surface area contributed by atoms with Gasteiger partial charge < -0.3 is 16.0 Å². The Kier molecular flexibility index (Phi) is 5.56. The number of piperidine rings is 1. The number of carbonyl (C=O) groups is 1. The molecule has 1 saturated heterocycles. The zero-order valence-corrected chi connectivity index (χ0v) is 12.3. The molecule has 0 saturated carbocycles. The van der Waals surface area contributed by atoms with E-state index in [0.29, 0.717) is 6.54 Å². The van der Waals surface area contributed by atoms with Gasteiger partial charge in [0.1, 0.15) is 0 Å². The monoisotopic (exact) mass is 275 g/mol. The maximum absolute atomic E-state index is 12.4. The summed E-state index contributed by atoms with van der Waals surface area (Å²) in [5.74, 6) is 0.0389. The summed E-state index contributed by atoms with van der Waals surface area (Å²) >= 11 is 0. The van der Waals surface area contributed by atoms with Gasteiger partial charge in [-0.3, -0.25) is 4.79 Å². The molecular formula is C16H25N3O. The molecule has 20 heavy (non-hydrogen) atoms. The number of nitrogens with two attached hydrogens (primary N) is 1. The fourth-order valence-electron chi connectivity index (χ4n) is 2.84. The molecule has 1 aliphatic rings. The van der Waals surface area contributed by atoms with Gasteiger partial charge in [0.2, 0.25) is 0 Å². The summed E-state index contributed by atoms with van der Waals surface area (Å²) in [5.41, 5.74) is 7.42. The van der Waals surface area contributed by atoms with Crippen molar-refractivity contribution in [1.29, 1.82) is 0 Å². The van der Waals surface area contributed by atoms with Crippen molar-refractivity contribution in [3.63, 3.8) is 0 Å². The summed E-state index contributed by atoms with van der Waals surface area (Å²) in [6.45, 7) is 5.89. The van der Waals surface area contributed by atoms with Crippen molar-refractivity contribution < 1.29 is 4.79 Å². The van der Waals surface area contributed by atoms with Gasteiger partial charge in [0.15, 0.2) is 0 Å². The van der Waals surface area contributed by atoms with Crippen molar-refractivity contribution in [2.24, 2.45) is 5.73 Å². The molecule has 0 aromatic heterocycles. The normalized spacial score (nSPS) is 19.8. The first-order valence-electron chi connectivity index (χ1n) is 7.55. The van der Waals surface area contributed by atoms with Gasteiger partial charge in [-0.2, -0.15) is 0 Å². The molecule has 110 valence electrons. The van der Waals surface area contributed by atoms with E-state index in [0.717, 1.165) is 50.0 Å². The maximum atomic E-state index is 12.4. The smallest absolute Gasteiger partial charge is 0.251 e. The zero-order valence-electron chi connectivity index (χ0n) is 12.3. The molecule has 1 unspecified atom stereocenters. The van der Waals surface area contributed by atoms with Crippen LogP contribution in [0.25, 0.3) is 0 Å². The second-order valence-electron chi connectivity index (χ2n) is 5.40. The lowest BCUT2D eigenvalue weighted by Gasteiger charge is -2.32. The Morgan fingerprint density at radius 3 is 3.00 bits per heavy atom. The number of hydrogen-bond acceptors (Lipinski definition) is 3. The Morgan fingerprint density at radius 2 is 2.25 bits per heavy atom. The average Bonchev–Trinajstić information content (AvgIpc) is 2.48. The number of nitrogens with one attached hydrogen (secondary N) is 1. The molecule has 1 fully saturated rings. The lowest BCUT2D eigenvalue weighted by Crippen LogP contribution is -2.47. The molecule has 4 heteroatoms. The molecule has 1 aliphatic heterocycles. The van der Waals surface area contributed by atoms with Crippen LogP contribution in [-0.4, -0.2) is 43.0 Å². The number of likely N-dealkylation sites (N-methyl/N-ethyl adjacent to an activating group) is 1. The minimum absolute atomic E-state index is 0.0389. The second-order valence-corrected chi connectivity index (χ2v) is 5.40. The van der Waals surface area contributed by atoms with E-state index in [4.69, 9.17) is 5.73 Å². The van der Waals surface area contributed by atoms with E-state index >= 15 is 0 Å². The van der Waals surface area contributed by atoms with E-state index < -0.39 is 0 Å². The van der Waals surface area contributed by atoms with E-state index in [2.05, 4.69) is 17.1 Å². The number of rotatable bonds is 5. The number of carbonyl (C=O) groups excluding carboxylic acids is 1. The summed E-state index contributed by atoms with van der Waals surface area (Å²) in [7, 11) is 0. The van der Waals surface area contributed by atoms with Crippen LogP contribution in [0.4, 0.5) is 0 Å². The molecule has 3 N–H and O–H groups in total. The number of hydrogen-bond donors (Lipinski definition) is 2. The number of likely N-dealkylation sites (tertiary alicyclic amines) is 1. The maximum Gasteiger partial charge on any atom is 0.251 e. The number of benzene rings is 1. The van der Waals surface area contributed by atoms with Gasteiger partial charge in [0, 0.05) is 18.2 Å². The molecule has 1 amide bonds. The summed E-state index contributed by atoms with van der Waals surface area (Å²) in [6, 6.07) is 8.01. The summed E-state index contributed by atoms with van der Waals surface area (Å²) < 4.78 is 0. The Morgan fingerprint density at radius 1 is 1.45 bits per heavy atom. The fraction of sp³-hybridized carbons (Fsp3) is 0.562. The van der Waals surface area contributed by atoms with E-state index in [-0.39, 0.29) is 11.9 Å². The Labute approximate surface area is 121 Å². The van der Waals surface area contributed by atoms with Crippen LogP contribution >= 0.6 is 0 Å². The minimum atomic E-state index is 0.0389. The van der Waals surface area contributed by atoms with Gasteiger partial charge in [-0.1, -0.05) is 25.1 Å². The molecule has 1 atom stereocenters. The second kappa shape index (κ2) is 7.41. The Hall–Kier alpha value is -1.39. The van der Waals surface area contributed by atoms with E-state index in [9.17, 15) is 4.79 Å². The van der Waals surface area contributed by atoms with Gasteiger partial charge in [0.05, 0.1) is 0 Å². The predicted octanol–water partition coefficient (Wildman–Crippen LogP) is 1.40. The number of amides is 1. The third-order valence-corrected chi connectivity index (χ3v) is 3.96. The van der Waals surface area contributed by atoms with E-state index in [1.54, 1.807) is 0 Å². The first-order chi connectivity index (χ1) is 9.74. The lowest BCUT2D eigenvalue weighted by molar-refractivity contribution is 0.0905. The first kappa shape index (κ1) is 15.0. The standard InChI is InChI=1S/C16H25N3O/c1-2-19-11-5-7-14(12-19)18-16(20)15-8-4-3-6-13(15)9-10-17/h3-4,6,8,14H,2,5,7,9-12,17H2,1H3,(H,18,20). The lowest BCUT2D eigenvalue weighted by atomic mass is 10.0. The van der Waals surface area contributed by atoms with Crippen LogP contribution in [-0.2, 0) is 6.42 Å². The highest BCUT2D eigenvalue weighted by molar-refractivity contribution is 5.95. The van der Waals surface area contributed by atoms with Gasteiger partial charge >= 0.3 is 0 Å². The molecule has 2 rings (SSSR count). The first-order valence-corrected chi connectivity index (χ1v) is 7.55. The van der Waals surface area contributed by atoms with Gasteiger partial charge in [-0.15, -0.1) is 0 Å². The van der Waals surface area contributed by atoms with Crippen LogP contribution in [0.15, 0.2) is 24.3 Å². The van der Waals surface area contributed by atoms with Crippen LogP contribution in [0, 0.1) is 0 Å². The van der Waals surface area contributed by atoms with Crippen LogP contribution < -0.4 is 11.1 Å². The van der Waals surface area contributed by atoms with Crippen molar-refractivity contribution in [2.75, 3.05) is 26.2 Å². The van der Waals surface area contributed by atoms with Gasteiger partial charge in [-0.25, -0.2) is 0 Å². The highest BCUT2D eigenvalue weighted by Gasteiger charge is 2.21. The third-order valence-electron chi connectivity index (χ3n) is 3.96. The summed E-state index contributed by atoms with van der Waals surface area (Å²) in [5, 5.41) is 3.18. The fourth-order valence-corrected chi connectivity index (χ4v) is 2.84. The number of nitrogens with zero attached hydrogens (tertiary/aromatic N) is 1. The van der Waals surface area contributed by atoms with Crippen molar-refractivity contribution in [3.05, 3.63) is 35.4 Å². The molecule has 0 spiro atoms. The SMILES string of the molecule is CCN1CCCC(NC(=O)c2ccccc2CCN)C1. The summed E-state index contributed by atoms with van der Waals surface area (Å²) in [6.07, 6.45) is 2.97. The zero-order chi connectivity index (χ0) is 14.4. The van der Waals surface area contributed by atoms with Gasteiger partial charge in [-0.05, 0) is 50.5 Å². The molecule has 0 aliphatic carbocycles. The molecular weight excluding hydrogens is 250 g/mol. The Bertz CT molecular complexity index is 447. The molecule has 1 heterocycles. The third kappa shape index (κ3) is 3.81. The average molecular weight is 275 g/mol. The van der Waals surface area contributed by atoms with Crippen molar-refractivity contribution in [2.45, 2.75) is 32.2 Å². The van der Waals surface area contributed by atoms with Crippen LogP contribution in [0.1, 0.15) is 35.7 Å². The van der Waals surface area contributed by atoms with Crippen molar-refractivity contribution in [1.82, 2.24) is 10.2 Å². The molecule has 1 aromatic carbocycles. The molecule has 4 nitrogen and oxygen atoms in total. The van der Waals surface area contributed by atoms with E-state index in [1.165, 1.54) is 0 Å². The minimum Gasteiger partial charge on any atom is -0.348 e. The van der Waals surface area contributed by atoms with Crippen molar-refractivity contribution >= 4 is 5.91 Å². The van der Waals surface area contributed by atoms with Crippen LogP contribution in [0.2, 0.25) is 0 Å².